The number of para-hydroxylation sites is 1. The summed E-state index contributed by atoms with van der Waals surface area (Å²) in [5, 5.41) is 14.6. The second kappa shape index (κ2) is 8.86. The van der Waals surface area contributed by atoms with Gasteiger partial charge in [0.05, 0.1) is 15.9 Å². The average Bonchev–Trinajstić information content (AvgIpc) is 3.19. The molecular weight excluding hydrogens is 420 g/mol. The molecule has 0 aliphatic heterocycles. The van der Waals surface area contributed by atoms with Crippen LogP contribution in [-0.2, 0) is 10.0 Å². The van der Waals surface area contributed by atoms with Crippen LogP contribution in [0.3, 0.4) is 0 Å². The minimum atomic E-state index is -3.55. The highest BCUT2D eigenvalue weighted by Crippen LogP contribution is 2.26. The Bertz CT molecular complexity index is 1210. The van der Waals surface area contributed by atoms with Crippen LogP contribution in [-0.4, -0.2) is 41.6 Å². The van der Waals surface area contributed by atoms with E-state index in [4.69, 9.17) is 0 Å². The number of fused-ring (bicyclic) bond motifs is 1. The van der Waals surface area contributed by atoms with Crippen LogP contribution in [0.15, 0.2) is 53.4 Å². The Morgan fingerprint density at radius 1 is 1.16 bits per heavy atom. The number of aromatic amines is 1. The number of aromatic nitrogens is 1. The topological polar surface area (TPSA) is 125 Å². The highest BCUT2D eigenvalue weighted by molar-refractivity contribution is 7.89. The Morgan fingerprint density at radius 3 is 2.39 bits per heavy atom. The summed E-state index contributed by atoms with van der Waals surface area (Å²) in [5.41, 5.74) is 1.12. The number of hydrogen-bond donors (Lipinski definition) is 2. The molecule has 0 radical (unpaired) electrons. The largest absolute Gasteiger partial charge is 0.345 e. The Kier molecular flexibility index (Phi) is 6.42. The molecule has 164 valence electrons. The number of hydrogen-bond acceptors (Lipinski definition) is 5. The van der Waals surface area contributed by atoms with Crippen LogP contribution in [0.5, 0.6) is 0 Å². The molecule has 0 bridgehead atoms. The fourth-order valence-electron chi connectivity index (χ4n) is 3.41. The van der Waals surface area contributed by atoms with Gasteiger partial charge < -0.3 is 10.3 Å². The lowest BCUT2D eigenvalue weighted by Crippen LogP contribution is -2.30. The molecule has 2 N–H and O–H groups in total. The summed E-state index contributed by atoms with van der Waals surface area (Å²) in [7, 11) is -3.55. The fraction of sp³-hybridized carbons (Fsp3) is 0.286. The lowest BCUT2D eigenvalue weighted by atomic mass is 10.1. The number of carbonyl (C=O) groups is 1. The molecule has 1 unspecified atom stereocenters. The van der Waals surface area contributed by atoms with Gasteiger partial charge in [-0.3, -0.25) is 14.9 Å². The number of non-ortho nitro benzene ring substituents is 1. The first-order chi connectivity index (χ1) is 14.7. The van der Waals surface area contributed by atoms with Gasteiger partial charge in [-0.1, -0.05) is 38.1 Å². The Balaban J connectivity index is 1.78. The van der Waals surface area contributed by atoms with Crippen LogP contribution >= 0.6 is 0 Å². The van der Waals surface area contributed by atoms with Crippen molar-refractivity contribution < 1.29 is 18.1 Å². The number of H-pyrrole nitrogens is 1. The van der Waals surface area contributed by atoms with Crippen molar-refractivity contribution in [2.75, 3.05) is 13.1 Å². The van der Waals surface area contributed by atoms with Gasteiger partial charge in [-0.15, -0.1) is 0 Å². The van der Waals surface area contributed by atoms with E-state index < -0.39 is 26.9 Å². The zero-order valence-corrected chi connectivity index (χ0v) is 18.3. The summed E-state index contributed by atoms with van der Waals surface area (Å²) in [6.45, 7) is 6.11. The molecule has 1 heterocycles. The first-order valence-corrected chi connectivity index (χ1v) is 11.3. The van der Waals surface area contributed by atoms with Crippen LogP contribution in [0.1, 0.15) is 42.9 Å². The fourth-order valence-corrected chi connectivity index (χ4v) is 4.87. The van der Waals surface area contributed by atoms with Crippen LogP contribution in [0.4, 0.5) is 5.69 Å². The second-order valence-electron chi connectivity index (χ2n) is 7.04. The average molecular weight is 445 g/mol. The quantitative estimate of drug-likeness (QED) is 0.406. The molecule has 0 aliphatic rings. The Labute approximate surface area is 180 Å². The summed E-state index contributed by atoms with van der Waals surface area (Å²) in [4.78, 5) is 26.3. The van der Waals surface area contributed by atoms with Crippen LogP contribution < -0.4 is 5.32 Å². The van der Waals surface area contributed by atoms with E-state index in [2.05, 4.69) is 10.3 Å². The standard InChI is InChI=1S/C21H24N4O5S/c1-4-24(5-2)31(29,30)17-11-9-15(10-12-17)14(3)22-21(26)18-13-16-7-6-8-19(25(27)28)20(16)23-18/h6-14,23H,4-5H2,1-3H3,(H,22,26). The maximum atomic E-state index is 12.7. The van der Waals surface area contributed by atoms with Gasteiger partial charge in [0, 0.05) is 24.5 Å². The molecule has 9 nitrogen and oxygen atoms in total. The second-order valence-corrected chi connectivity index (χ2v) is 8.97. The normalized spacial score (nSPS) is 12.8. The van der Waals surface area contributed by atoms with Gasteiger partial charge in [0.15, 0.2) is 0 Å². The third kappa shape index (κ3) is 4.44. The van der Waals surface area contributed by atoms with E-state index in [0.717, 1.165) is 5.56 Å². The van der Waals surface area contributed by atoms with Crippen molar-refractivity contribution in [3.63, 3.8) is 0 Å². The highest BCUT2D eigenvalue weighted by atomic mass is 32.2. The summed E-state index contributed by atoms with van der Waals surface area (Å²) >= 11 is 0. The van der Waals surface area contributed by atoms with Crippen molar-refractivity contribution in [3.05, 3.63) is 69.9 Å². The molecule has 2 aromatic carbocycles. The first kappa shape index (κ1) is 22.4. The smallest absolute Gasteiger partial charge is 0.293 e. The van der Waals surface area contributed by atoms with Gasteiger partial charge in [-0.2, -0.15) is 4.31 Å². The van der Waals surface area contributed by atoms with E-state index in [1.165, 1.54) is 22.5 Å². The maximum Gasteiger partial charge on any atom is 0.293 e. The molecule has 31 heavy (non-hydrogen) atoms. The van der Waals surface area contributed by atoms with Crippen molar-refractivity contribution >= 4 is 32.5 Å². The number of amides is 1. The van der Waals surface area contributed by atoms with Crippen molar-refractivity contribution in [1.82, 2.24) is 14.6 Å². The SMILES string of the molecule is CCN(CC)S(=O)(=O)c1ccc(C(C)NC(=O)c2cc3cccc([N+](=O)[O-])c3[nH]2)cc1. The number of carbonyl (C=O) groups excluding carboxylic acids is 1. The van der Waals surface area contributed by atoms with E-state index in [0.29, 0.717) is 18.5 Å². The lowest BCUT2D eigenvalue weighted by molar-refractivity contribution is -0.383. The minimum absolute atomic E-state index is 0.102. The zero-order valence-electron chi connectivity index (χ0n) is 17.5. The number of benzene rings is 2. The number of rotatable bonds is 8. The summed E-state index contributed by atoms with van der Waals surface area (Å²) in [6, 6.07) is 12.2. The molecule has 1 atom stereocenters. The van der Waals surface area contributed by atoms with Crippen molar-refractivity contribution in [2.45, 2.75) is 31.7 Å². The summed E-state index contributed by atoms with van der Waals surface area (Å²) in [5.74, 6) is -0.419. The lowest BCUT2D eigenvalue weighted by Gasteiger charge is -2.19. The zero-order chi connectivity index (χ0) is 22.8. The molecule has 10 heteroatoms. The summed E-state index contributed by atoms with van der Waals surface area (Å²) in [6.07, 6.45) is 0. The van der Waals surface area contributed by atoms with Crippen molar-refractivity contribution in [1.29, 1.82) is 0 Å². The Morgan fingerprint density at radius 2 is 1.81 bits per heavy atom. The van der Waals surface area contributed by atoms with E-state index in [1.54, 1.807) is 51.1 Å². The third-order valence-corrected chi connectivity index (χ3v) is 7.21. The number of nitro groups is 1. The van der Waals surface area contributed by atoms with E-state index in [9.17, 15) is 23.3 Å². The molecule has 3 rings (SSSR count). The van der Waals surface area contributed by atoms with Gasteiger partial charge in [0.1, 0.15) is 11.2 Å². The number of nitrogens with zero attached hydrogens (tertiary/aromatic N) is 2. The predicted molar refractivity (Wildman–Crippen MR) is 117 cm³/mol. The van der Waals surface area contributed by atoms with E-state index in [1.807, 2.05) is 0 Å². The molecule has 1 aromatic heterocycles. The van der Waals surface area contributed by atoms with Gasteiger partial charge >= 0.3 is 0 Å². The Hall–Kier alpha value is -3.24. The van der Waals surface area contributed by atoms with Gasteiger partial charge in [-0.05, 0) is 30.7 Å². The molecule has 1 amide bonds. The van der Waals surface area contributed by atoms with Crippen LogP contribution in [0, 0.1) is 10.1 Å². The van der Waals surface area contributed by atoms with E-state index >= 15 is 0 Å². The molecule has 0 spiro atoms. The van der Waals surface area contributed by atoms with Gasteiger partial charge in [0.2, 0.25) is 10.0 Å². The molecule has 0 saturated heterocycles. The van der Waals surface area contributed by atoms with Crippen LogP contribution in [0.25, 0.3) is 10.9 Å². The number of nitro benzene ring substituents is 1. The predicted octanol–water partition coefficient (Wildman–Crippen LogP) is 3.60. The first-order valence-electron chi connectivity index (χ1n) is 9.86. The molecule has 0 fully saturated rings. The molecule has 3 aromatic rings. The maximum absolute atomic E-state index is 12.7. The summed E-state index contributed by atoms with van der Waals surface area (Å²) < 4.78 is 26.6. The van der Waals surface area contributed by atoms with Crippen molar-refractivity contribution in [3.8, 4) is 0 Å². The van der Waals surface area contributed by atoms with Crippen LogP contribution in [0.2, 0.25) is 0 Å². The van der Waals surface area contributed by atoms with Gasteiger partial charge in [0.25, 0.3) is 11.6 Å². The minimum Gasteiger partial charge on any atom is -0.345 e. The molecule has 0 aliphatic carbocycles. The molecular formula is C21H24N4O5S. The molecule has 0 saturated carbocycles. The van der Waals surface area contributed by atoms with Crippen molar-refractivity contribution in [2.24, 2.45) is 0 Å². The third-order valence-electron chi connectivity index (χ3n) is 5.15. The van der Waals surface area contributed by atoms with Gasteiger partial charge in [-0.25, -0.2) is 8.42 Å². The highest BCUT2D eigenvalue weighted by Gasteiger charge is 2.22. The number of nitrogens with one attached hydrogen (secondary N) is 2. The number of sulfonamides is 1. The van der Waals surface area contributed by atoms with E-state index in [-0.39, 0.29) is 21.8 Å². The monoisotopic (exact) mass is 444 g/mol.